The fourth-order valence-corrected chi connectivity index (χ4v) is 6.34. The molecule has 0 aliphatic heterocycles. The first-order chi connectivity index (χ1) is 21.1. The van der Waals surface area contributed by atoms with Crippen LogP contribution in [0.2, 0.25) is 5.02 Å². The lowest BCUT2D eigenvalue weighted by Gasteiger charge is -2.35. The first-order valence-electron chi connectivity index (χ1n) is 14.4. The zero-order valence-corrected chi connectivity index (χ0v) is 28.6. The molecule has 0 bridgehead atoms. The molecule has 1 N–H and O–H groups in total. The number of sulfonamides is 1. The quantitative estimate of drug-likeness (QED) is 0.254. The van der Waals surface area contributed by atoms with Gasteiger partial charge in [-0.2, -0.15) is 0 Å². The standard InChI is InChI=1S/C33H42ClN3O7S/c1-9-26(32(39)35-33(3,4)5)36(20-23-12-10-22(2)11-13-23)31(38)21-37(27-18-24(34)14-16-28(27)42-6)45(40,41)25-15-17-29(43-7)30(19-25)44-8/h10-19,26H,9,20-21H2,1-8H3,(H,35,39). The van der Waals surface area contributed by atoms with E-state index in [1.54, 1.807) is 13.0 Å². The Labute approximate surface area is 271 Å². The number of aryl methyl sites for hydroxylation is 1. The van der Waals surface area contributed by atoms with Gasteiger partial charge in [0, 0.05) is 23.2 Å². The summed E-state index contributed by atoms with van der Waals surface area (Å²) >= 11 is 6.33. The third kappa shape index (κ3) is 8.82. The van der Waals surface area contributed by atoms with Crippen LogP contribution in [0.4, 0.5) is 5.69 Å². The molecular weight excluding hydrogens is 618 g/mol. The SMILES string of the molecule is CCC(C(=O)NC(C)(C)C)N(Cc1ccc(C)cc1)C(=O)CN(c1cc(Cl)ccc1OC)S(=O)(=O)c1ccc(OC)c(OC)c1. The summed E-state index contributed by atoms with van der Waals surface area (Å²) in [6.45, 7) is 8.74. The van der Waals surface area contributed by atoms with Gasteiger partial charge in [-0.15, -0.1) is 0 Å². The molecule has 0 radical (unpaired) electrons. The van der Waals surface area contributed by atoms with E-state index in [1.807, 2.05) is 52.0 Å². The van der Waals surface area contributed by atoms with Gasteiger partial charge in [0.1, 0.15) is 18.3 Å². The van der Waals surface area contributed by atoms with Crippen LogP contribution in [-0.2, 0) is 26.2 Å². The topological polar surface area (TPSA) is 114 Å². The maximum Gasteiger partial charge on any atom is 0.265 e. The number of anilines is 1. The summed E-state index contributed by atoms with van der Waals surface area (Å²) in [7, 11) is -0.210. The fraction of sp³-hybridized carbons (Fsp3) is 0.394. The second kappa shape index (κ2) is 14.9. The van der Waals surface area contributed by atoms with Crippen molar-refractivity contribution in [3.63, 3.8) is 0 Å². The molecule has 0 fully saturated rings. The Balaban J connectivity index is 2.18. The number of ether oxygens (including phenoxy) is 3. The molecule has 1 unspecified atom stereocenters. The monoisotopic (exact) mass is 659 g/mol. The van der Waals surface area contributed by atoms with Crippen LogP contribution in [0.1, 0.15) is 45.2 Å². The van der Waals surface area contributed by atoms with E-state index >= 15 is 0 Å². The Morgan fingerprint density at radius 1 is 0.889 bits per heavy atom. The summed E-state index contributed by atoms with van der Waals surface area (Å²) in [6.07, 6.45) is 0.294. The normalized spacial score (nSPS) is 12.2. The molecule has 1 atom stereocenters. The van der Waals surface area contributed by atoms with Gasteiger partial charge in [-0.25, -0.2) is 8.42 Å². The molecule has 10 nitrogen and oxygen atoms in total. The van der Waals surface area contributed by atoms with E-state index in [0.717, 1.165) is 15.4 Å². The smallest absolute Gasteiger partial charge is 0.265 e. The Hall–Kier alpha value is -3.96. The molecule has 2 amide bonds. The molecule has 0 heterocycles. The minimum atomic E-state index is -4.44. The second-order valence-corrected chi connectivity index (χ2v) is 13.8. The summed E-state index contributed by atoms with van der Waals surface area (Å²) < 4.78 is 45.8. The lowest BCUT2D eigenvalue weighted by molar-refractivity contribution is -0.141. The molecular formula is C33H42ClN3O7S. The second-order valence-electron chi connectivity index (χ2n) is 11.5. The lowest BCUT2D eigenvalue weighted by Crippen LogP contribution is -2.55. The largest absolute Gasteiger partial charge is 0.495 e. The number of benzene rings is 3. The third-order valence-corrected chi connectivity index (χ3v) is 8.98. The van der Waals surface area contributed by atoms with Crippen molar-refractivity contribution in [2.45, 2.75) is 64.1 Å². The van der Waals surface area contributed by atoms with Crippen molar-refractivity contribution >= 4 is 39.1 Å². The number of halogens is 1. The van der Waals surface area contributed by atoms with Crippen LogP contribution in [0.15, 0.2) is 65.6 Å². The summed E-state index contributed by atoms with van der Waals surface area (Å²) in [4.78, 5) is 29.2. The molecule has 0 aliphatic rings. The van der Waals surface area contributed by atoms with Crippen molar-refractivity contribution in [1.82, 2.24) is 10.2 Å². The fourth-order valence-electron chi connectivity index (χ4n) is 4.74. The van der Waals surface area contributed by atoms with Gasteiger partial charge in [-0.3, -0.25) is 13.9 Å². The number of nitrogens with one attached hydrogen (secondary N) is 1. The minimum Gasteiger partial charge on any atom is -0.495 e. The van der Waals surface area contributed by atoms with Crippen LogP contribution in [0, 0.1) is 6.92 Å². The Morgan fingerprint density at radius 3 is 2.04 bits per heavy atom. The van der Waals surface area contributed by atoms with Crippen molar-refractivity contribution in [2.24, 2.45) is 0 Å². The van der Waals surface area contributed by atoms with E-state index in [-0.39, 0.29) is 39.6 Å². The highest BCUT2D eigenvalue weighted by Crippen LogP contribution is 2.37. The van der Waals surface area contributed by atoms with Crippen LogP contribution in [-0.4, -0.2) is 64.6 Å². The van der Waals surface area contributed by atoms with E-state index < -0.39 is 34.1 Å². The highest BCUT2D eigenvalue weighted by molar-refractivity contribution is 7.92. The zero-order valence-electron chi connectivity index (χ0n) is 27.0. The molecule has 3 aromatic rings. The van der Waals surface area contributed by atoms with Crippen molar-refractivity contribution in [2.75, 3.05) is 32.2 Å². The average Bonchev–Trinajstić information content (AvgIpc) is 2.99. The average molecular weight is 660 g/mol. The maximum atomic E-state index is 14.4. The number of carbonyl (C=O) groups excluding carboxylic acids is 2. The van der Waals surface area contributed by atoms with Gasteiger partial charge < -0.3 is 24.4 Å². The van der Waals surface area contributed by atoms with Crippen LogP contribution in [0.25, 0.3) is 0 Å². The Bertz CT molecular complexity index is 1610. The number of hydrogen-bond donors (Lipinski definition) is 1. The van der Waals surface area contributed by atoms with E-state index in [2.05, 4.69) is 5.32 Å². The molecule has 45 heavy (non-hydrogen) atoms. The molecule has 0 saturated heterocycles. The first kappa shape index (κ1) is 35.5. The van der Waals surface area contributed by atoms with Crippen LogP contribution < -0.4 is 23.8 Å². The molecule has 12 heteroatoms. The molecule has 0 aromatic heterocycles. The highest BCUT2D eigenvalue weighted by Gasteiger charge is 2.36. The minimum absolute atomic E-state index is 0.0515. The highest BCUT2D eigenvalue weighted by atomic mass is 35.5. The first-order valence-corrected chi connectivity index (χ1v) is 16.2. The van der Waals surface area contributed by atoms with E-state index in [0.29, 0.717) is 12.2 Å². The number of hydrogen-bond acceptors (Lipinski definition) is 7. The van der Waals surface area contributed by atoms with Gasteiger partial charge in [0.05, 0.1) is 31.9 Å². The van der Waals surface area contributed by atoms with Crippen molar-refractivity contribution in [3.05, 3.63) is 76.8 Å². The molecule has 0 aliphatic carbocycles. The lowest BCUT2D eigenvalue weighted by atomic mass is 10.1. The molecule has 0 saturated carbocycles. The Kier molecular flexibility index (Phi) is 11.7. The van der Waals surface area contributed by atoms with Gasteiger partial charge in [0.25, 0.3) is 10.0 Å². The summed E-state index contributed by atoms with van der Waals surface area (Å²) in [6, 6.07) is 15.3. The van der Waals surface area contributed by atoms with Crippen molar-refractivity contribution in [3.8, 4) is 17.2 Å². The number of methoxy groups -OCH3 is 3. The molecule has 3 rings (SSSR count). The number of amides is 2. The predicted octanol–water partition coefficient (Wildman–Crippen LogP) is 5.59. The molecule has 3 aromatic carbocycles. The number of nitrogens with zero attached hydrogens (tertiary/aromatic N) is 2. The maximum absolute atomic E-state index is 14.4. The predicted molar refractivity (Wildman–Crippen MR) is 176 cm³/mol. The van der Waals surface area contributed by atoms with E-state index in [1.165, 1.54) is 56.6 Å². The van der Waals surface area contributed by atoms with E-state index in [9.17, 15) is 18.0 Å². The van der Waals surface area contributed by atoms with Crippen molar-refractivity contribution in [1.29, 1.82) is 0 Å². The zero-order chi connectivity index (χ0) is 33.5. The van der Waals surface area contributed by atoms with Crippen LogP contribution >= 0.6 is 11.6 Å². The van der Waals surface area contributed by atoms with Gasteiger partial charge in [0.2, 0.25) is 11.8 Å². The van der Waals surface area contributed by atoms with Crippen LogP contribution in [0.3, 0.4) is 0 Å². The van der Waals surface area contributed by atoms with Crippen LogP contribution in [0.5, 0.6) is 17.2 Å². The van der Waals surface area contributed by atoms with Crippen molar-refractivity contribution < 1.29 is 32.2 Å². The summed E-state index contributed by atoms with van der Waals surface area (Å²) in [5.41, 5.74) is 1.32. The summed E-state index contributed by atoms with van der Waals surface area (Å²) in [5, 5.41) is 3.20. The molecule has 244 valence electrons. The number of carbonyl (C=O) groups is 2. The van der Waals surface area contributed by atoms with E-state index in [4.69, 9.17) is 25.8 Å². The van der Waals surface area contributed by atoms with Gasteiger partial charge in [-0.05, 0) is 70.0 Å². The molecule has 0 spiro atoms. The summed E-state index contributed by atoms with van der Waals surface area (Å²) in [5.74, 6) is -0.246. The van der Waals surface area contributed by atoms with Gasteiger partial charge >= 0.3 is 0 Å². The Morgan fingerprint density at radius 2 is 1.49 bits per heavy atom. The van der Waals surface area contributed by atoms with Gasteiger partial charge in [0.15, 0.2) is 11.5 Å². The number of rotatable bonds is 13. The third-order valence-electron chi connectivity index (χ3n) is 6.99. The van der Waals surface area contributed by atoms with Gasteiger partial charge in [-0.1, -0.05) is 48.4 Å².